The Morgan fingerprint density at radius 1 is 1.18 bits per heavy atom. The van der Waals surface area contributed by atoms with Gasteiger partial charge in [-0.05, 0) is 6.07 Å². The molecule has 4 aromatic rings. The molecule has 1 aliphatic rings. The number of imidazole rings is 1. The number of benzene rings is 1. The molecule has 0 aliphatic carbocycles. The normalized spacial score (nSPS) is 19.6. The summed E-state index contributed by atoms with van der Waals surface area (Å²) in [5.41, 5.74) is 2.20. The second kappa shape index (κ2) is 6.00. The Balaban J connectivity index is 1.50. The molecular weight excluding hydrogens is 358 g/mol. The number of aliphatic hydroxyl groups is 1. The molecule has 1 aliphatic heterocycles. The first-order chi connectivity index (χ1) is 13.5. The van der Waals surface area contributed by atoms with Crippen LogP contribution in [0.3, 0.4) is 0 Å². The Hall–Kier alpha value is -3.52. The zero-order valence-corrected chi connectivity index (χ0v) is 15.1. The fourth-order valence-corrected chi connectivity index (χ4v) is 3.50. The van der Waals surface area contributed by atoms with Gasteiger partial charge < -0.3 is 18.9 Å². The van der Waals surface area contributed by atoms with Gasteiger partial charge in [0, 0.05) is 55.8 Å². The van der Waals surface area contributed by atoms with Gasteiger partial charge >= 0.3 is 0 Å². The number of hydrogen-bond donors (Lipinski definition) is 1. The lowest BCUT2D eigenvalue weighted by Gasteiger charge is -2.16. The van der Waals surface area contributed by atoms with Gasteiger partial charge in [-0.2, -0.15) is 0 Å². The maximum Gasteiger partial charge on any atom is 0.262 e. The number of likely N-dealkylation sites (tertiary alicyclic amines) is 1. The van der Waals surface area contributed by atoms with Gasteiger partial charge in [-0.3, -0.25) is 9.78 Å². The van der Waals surface area contributed by atoms with Crippen LogP contribution in [0.25, 0.3) is 28.2 Å². The van der Waals surface area contributed by atoms with Gasteiger partial charge in [-0.15, -0.1) is 0 Å². The fourth-order valence-electron chi connectivity index (χ4n) is 3.50. The molecule has 0 spiro atoms. The monoisotopic (exact) mass is 375 g/mol. The number of rotatable bonds is 3. The molecule has 28 heavy (non-hydrogen) atoms. The number of amides is 1. The molecule has 1 saturated heterocycles. The largest absolute Gasteiger partial charge is 0.373 e. The van der Waals surface area contributed by atoms with Crippen LogP contribution in [0.1, 0.15) is 12.2 Å². The third-order valence-corrected chi connectivity index (χ3v) is 5.16. The molecule has 1 atom stereocenters. The van der Waals surface area contributed by atoms with E-state index in [1.165, 1.54) is 4.90 Å². The van der Waals surface area contributed by atoms with Crippen LogP contribution < -0.4 is 0 Å². The predicted octanol–water partition coefficient (Wildman–Crippen LogP) is 2.10. The first-order valence-corrected chi connectivity index (χ1v) is 8.89. The van der Waals surface area contributed by atoms with E-state index >= 15 is 0 Å². The van der Waals surface area contributed by atoms with Crippen molar-refractivity contribution < 1.29 is 14.4 Å². The highest BCUT2D eigenvalue weighted by atomic mass is 16.5. The van der Waals surface area contributed by atoms with Crippen LogP contribution in [-0.4, -0.2) is 49.0 Å². The van der Waals surface area contributed by atoms with E-state index in [4.69, 9.17) is 4.52 Å². The van der Waals surface area contributed by atoms with Gasteiger partial charge in [0.15, 0.2) is 11.4 Å². The van der Waals surface area contributed by atoms with Crippen molar-refractivity contribution >= 4 is 11.6 Å². The predicted molar refractivity (Wildman–Crippen MR) is 100 cm³/mol. The highest BCUT2D eigenvalue weighted by Crippen LogP contribution is 2.35. The SMILES string of the molecule is CN1CCC(O)(c2cc(-c3cccc(-c4cn5ccnc5cn4)c3)no2)C1=O. The quantitative estimate of drug-likeness (QED) is 0.589. The number of aromatic nitrogens is 4. The van der Waals surface area contributed by atoms with E-state index in [1.54, 1.807) is 25.5 Å². The number of carbonyl (C=O) groups is 1. The summed E-state index contributed by atoms with van der Waals surface area (Å²) in [4.78, 5) is 22.4. The number of nitrogens with zero attached hydrogens (tertiary/aromatic N) is 5. The number of likely N-dealkylation sites (N-methyl/N-ethyl adjacent to an activating group) is 1. The highest BCUT2D eigenvalue weighted by Gasteiger charge is 2.48. The third-order valence-electron chi connectivity index (χ3n) is 5.16. The minimum absolute atomic E-state index is 0.167. The molecule has 3 aromatic heterocycles. The first kappa shape index (κ1) is 16.6. The number of carbonyl (C=O) groups excluding carboxylic acids is 1. The van der Waals surface area contributed by atoms with Crippen LogP contribution in [0.2, 0.25) is 0 Å². The van der Waals surface area contributed by atoms with Crippen molar-refractivity contribution in [2.75, 3.05) is 13.6 Å². The van der Waals surface area contributed by atoms with Crippen molar-refractivity contribution in [2.45, 2.75) is 12.0 Å². The van der Waals surface area contributed by atoms with Crippen molar-refractivity contribution in [3.05, 3.63) is 60.9 Å². The lowest BCUT2D eigenvalue weighted by Crippen LogP contribution is -2.35. The van der Waals surface area contributed by atoms with Crippen LogP contribution in [0.4, 0.5) is 0 Å². The van der Waals surface area contributed by atoms with Crippen LogP contribution in [0.5, 0.6) is 0 Å². The zero-order valence-electron chi connectivity index (χ0n) is 15.1. The third kappa shape index (κ3) is 2.49. The molecule has 1 N–H and O–H groups in total. The van der Waals surface area contributed by atoms with Gasteiger partial charge in [-0.1, -0.05) is 23.4 Å². The molecule has 1 amide bonds. The molecule has 0 bridgehead atoms. The van der Waals surface area contributed by atoms with Gasteiger partial charge in [0.1, 0.15) is 5.69 Å². The molecular formula is C20H17N5O3. The van der Waals surface area contributed by atoms with Crippen LogP contribution in [0.15, 0.2) is 59.6 Å². The van der Waals surface area contributed by atoms with E-state index in [0.29, 0.717) is 12.2 Å². The molecule has 5 rings (SSSR count). The lowest BCUT2D eigenvalue weighted by molar-refractivity contribution is -0.144. The van der Waals surface area contributed by atoms with E-state index in [0.717, 1.165) is 22.5 Å². The van der Waals surface area contributed by atoms with Gasteiger partial charge in [0.25, 0.3) is 5.91 Å². The van der Waals surface area contributed by atoms with Crippen LogP contribution in [0, 0.1) is 0 Å². The summed E-state index contributed by atoms with van der Waals surface area (Å²) in [6.07, 6.45) is 7.50. The number of hydrogen-bond acceptors (Lipinski definition) is 6. The topological polar surface area (TPSA) is 96.8 Å². The standard InChI is InChI=1S/C20H17N5O3/c1-24-7-5-20(27,19(24)26)17-10-15(23-28-17)13-3-2-4-14(9-13)16-12-25-8-6-21-18(25)11-22-16/h2-4,6,8-12,27H,5,7H2,1H3. The average molecular weight is 375 g/mol. The fraction of sp³-hybridized carbons (Fsp3) is 0.200. The lowest BCUT2D eigenvalue weighted by atomic mass is 9.98. The molecule has 0 radical (unpaired) electrons. The van der Waals surface area contributed by atoms with Crippen molar-refractivity contribution in [2.24, 2.45) is 0 Å². The zero-order chi connectivity index (χ0) is 19.3. The minimum atomic E-state index is -1.65. The summed E-state index contributed by atoms with van der Waals surface area (Å²) >= 11 is 0. The number of fused-ring (bicyclic) bond motifs is 1. The van der Waals surface area contributed by atoms with E-state index < -0.39 is 5.60 Å². The maximum absolute atomic E-state index is 12.3. The van der Waals surface area contributed by atoms with E-state index in [1.807, 2.05) is 41.1 Å². The molecule has 1 aromatic carbocycles. The molecule has 140 valence electrons. The second-order valence-electron chi connectivity index (χ2n) is 6.96. The Labute approximate surface area is 160 Å². The Bertz CT molecular complexity index is 1200. The molecule has 8 nitrogen and oxygen atoms in total. The van der Waals surface area contributed by atoms with Gasteiger partial charge in [0.2, 0.25) is 5.60 Å². The van der Waals surface area contributed by atoms with Crippen LogP contribution >= 0.6 is 0 Å². The van der Waals surface area contributed by atoms with Gasteiger partial charge in [-0.25, -0.2) is 4.98 Å². The Morgan fingerprint density at radius 2 is 2.00 bits per heavy atom. The van der Waals surface area contributed by atoms with Gasteiger partial charge in [0.05, 0.1) is 11.9 Å². The van der Waals surface area contributed by atoms with E-state index in [-0.39, 0.29) is 18.1 Å². The molecule has 1 unspecified atom stereocenters. The van der Waals surface area contributed by atoms with Crippen LogP contribution in [-0.2, 0) is 10.4 Å². The summed E-state index contributed by atoms with van der Waals surface area (Å²) in [6.45, 7) is 0.475. The summed E-state index contributed by atoms with van der Waals surface area (Å²) in [6, 6.07) is 9.33. The smallest absolute Gasteiger partial charge is 0.262 e. The van der Waals surface area contributed by atoms with Crippen molar-refractivity contribution in [1.29, 1.82) is 0 Å². The highest BCUT2D eigenvalue weighted by molar-refractivity contribution is 5.87. The molecule has 8 heteroatoms. The van der Waals surface area contributed by atoms with Crippen molar-refractivity contribution in [3.8, 4) is 22.5 Å². The molecule has 4 heterocycles. The summed E-state index contributed by atoms with van der Waals surface area (Å²) in [5.74, 6) is -0.206. The summed E-state index contributed by atoms with van der Waals surface area (Å²) in [7, 11) is 1.66. The van der Waals surface area contributed by atoms with Crippen molar-refractivity contribution in [3.63, 3.8) is 0 Å². The first-order valence-electron chi connectivity index (χ1n) is 8.89. The Kier molecular flexibility index (Phi) is 3.56. The molecule has 0 saturated carbocycles. The summed E-state index contributed by atoms with van der Waals surface area (Å²) < 4.78 is 7.25. The van der Waals surface area contributed by atoms with E-state index in [2.05, 4.69) is 15.1 Å². The van der Waals surface area contributed by atoms with Crippen molar-refractivity contribution in [1.82, 2.24) is 24.4 Å². The maximum atomic E-state index is 12.3. The Morgan fingerprint density at radius 3 is 2.79 bits per heavy atom. The summed E-state index contributed by atoms with van der Waals surface area (Å²) in [5, 5.41) is 14.8. The average Bonchev–Trinajstić information content (AvgIpc) is 3.45. The second-order valence-corrected chi connectivity index (χ2v) is 6.96. The minimum Gasteiger partial charge on any atom is -0.373 e. The van der Waals surface area contributed by atoms with E-state index in [9.17, 15) is 9.90 Å². The molecule has 1 fully saturated rings.